The fraction of sp³-hybridized carbons (Fsp3) is 0.0455. The van der Waals surface area contributed by atoms with Crippen LogP contribution in [0, 0.1) is 0 Å². The van der Waals surface area contributed by atoms with E-state index in [1.807, 2.05) is 30.3 Å². The highest BCUT2D eigenvalue weighted by Gasteiger charge is 2.13. The normalized spacial score (nSPS) is 10.1. The fourth-order valence-corrected chi connectivity index (χ4v) is 3.03. The van der Waals surface area contributed by atoms with Crippen molar-refractivity contribution in [3.63, 3.8) is 0 Å². The predicted molar refractivity (Wildman–Crippen MR) is 121 cm³/mol. The van der Waals surface area contributed by atoms with Crippen molar-refractivity contribution in [1.82, 2.24) is 5.32 Å². The number of halogens is 1. The van der Waals surface area contributed by atoms with Crippen molar-refractivity contribution in [1.29, 1.82) is 0 Å². The van der Waals surface area contributed by atoms with Crippen LogP contribution in [0.4, 0.5) is 11.4 Å². The van der Waals surface area contributed by atoms with Gasteiger partial charge in [-0.1, -0.05) is 35.9 Å². The summed E-state index contributed by atoms with van der Waals surface area (Å²) in [6.45, 7) is 0. The average molecular weight is 424 g/mol. The Morgan fingerprint density at radius 1 is 0.897 bits per heavy atom. The second kappa shape index (κ2) is 9.32. The Morgan fingerprint density at radius 3 is 2.24 bits per heavy atom. The molecule has 0 atom stereocenters. The Morgan fingerprint density at radius 2 is 1.59 bits per heavy atom. The van der Waals surface area contributed by atoms with E-state index in [1.54, 1.807) is 60.5 Å². The maximum atomic E-state index is 12.6. The van der Waals surface area contributed by atoms with Crippen LogP contribution < -0.4 is 15.5 Å². The van der Waals surface area contributed by atoms with Gasteiger partial charge < -0.3 is 10.2 Å². The molecule has 0 saturated carbocycles. The molecule has 2 N–H and O–H groups in total. The molecule has 0 aliphatic carbocycles. The summed E-state index contributed by atoms with van der Waals surface area (Å²) in [6.07, 6.45) is 0. The summed E-state index contributed by atoms with van der Waals surface area (Å²) >= 11 is 11.1. The zero-order valence-electron chi connectivity index (χ0n) is 15.6. The van der Waals surface area contributed by atoms with Gasteiger partial charge in [-0.25, -0.2) is 0 Å². The Kier molecular flexibility index (Phi) is 6.59. The summed E-state index contributed by atoms with van der Waals surface area (Å²) in [5, 5.41) is 6.14. The SMILES string of the molecule is CN(C(=O)c1ccc(NC(=S)NC(=O)c2cccc(Cl)c2)cc1)c1ccccc1. The van der Waals surface area contributed by atoms with E-state index >= 15 is 0 Å². The Hall–Kier alpha value is -3.22. The summed E-state index contributed by atoms with van der Waals surface area (Å²) in [6, 6.07) is 22.8. The number of carbonyl (C=O) groups is 2. The highest BCUT2D eigenvalue weighted by Crippen LogP contribution is 2.17. The van der Waals surface area contributed by atoms with Gasteiger partial charge in [-0.3, -0.25) is 14.9 Å². The predicted octanol–water partition coefficient (Wildman–Crippen LogP) is 4.74. The second-order valence-corrected chi connectivity index (χ2v) is 7.04. The van der Waals surface area contributed by atoms with Gasteiger partial charge in [0.15, 0.2) is 5.11 Å². The molecule has 7 heteroatoms. The standard InChI is InChI=1S/C22H18ClN3O2S/c1-26(19-8-3-2-4-9-19)21(28)15-10-12-18(13-11-15)24-22(29)25-20(27)16-6-5-7-17(23)14-16/h2-14H,1H3,(H2,24,25,27,29). The minimum absolute atomic E-state index is 0.125. The molecule has 2 amide bonds. The van der Waals surface area contributed by atoms with Gasteiger partial charge >= 0.3 is 0 Å². The number of nitrogens with one attached hydrogen (secondary N) is 2. The number of anilines is 2. The number of thiocarbonyl (C=S) groups is 1. The van der Waals surface area contributed by atoms with Crippen LogP contribution in [-0.2, 0) is 0 Å². The van der Waals surface area contributed by atoms with Gasteiger partial charge in [-0.05, 0) is 66.8 Å². The molecule has 29 heavy (non-hydrogen) atoms. The van der Waals surface area contributed by atoms with Crippen LogP contribution in [0.3, 0.4) is 0 Å². The van der Waals surface area contributed by atoms with Gasteiger partial charge in [0, 0.05) is 34.6 Å². The second-order valence-electron chi connectivity index (χ2n) is 6.20. The molecule has 146 valence electrons. The van der Waals surface area contributed by atoms with Crippen LogP contribution in [0.1, 0.15) is 20.7 Å². The maximum absolute atomic E-state index is 12.6. The first-order chi connectivity index (χ1) is 13.9. The molecule has 0 fully saturated rings. The molecule has 0 aromatic heterocycles. The van der Waals surface area contributed by atoms with Crippen LogP contribution >= 0.6 is 23.8 Å². The van der Waals surface area contributed by atoms with E-state index in [2.05, 4.69) is 10.6 Å². The molecular weight excluding hydrogens is 406 g/mol. The third-order valence-electron chi connectivity index (χ3n) is 4.15. The molecule has 3 rings (SSSR count). The molecule has 5 nitrogen and oxygen atoms in total. The van der Waals surface area contributed by atoms with E-state index in [9.17, 15) is 9.59 Å². The number of rotatable bonds is 4. The monoisotopic (exact) mass is 423 g/mol. The number of benzene rings is 3. The van der Waals surface area contributed by atoms with E-state index < -0.39 is 0 Å². The summed E-state index contributed by atoms with van der Waals surface area (Å²) < 4.78 is 0. The number of carbonyl (C=O) groups excluding carboxylic acids is 2. The quantitative estimate of drug-likeness (QED) is 0.595. The largest absolute Gasteiger partial charge is 0.332 e. The topological polar surface area (TPSA) is 61.4 Å². The minimum Gasteiger partial charge on any atom is -0.332 e. The van der Waals surface area contributed by atoms with Crippen LogP contribution in [0.25, 0.3) is 0 Å². The molecule has 0 saturated heterocycles. The lowest BCUT2D eigenvalue weighted by Crippen LogP contribution is -2.34. The smallest absolute Gasteiger partial charge is 0.258 e. The molecular formula is C22H18ClN3O2S. The van der Waals surface area contributed by atoms with Crippen LogP contribution in [0.2, 0.25) is 5.02 Å². The van der Waals surface area contributed by atoms with Gasteiger partial charge in [0.05, 0.1) is 0 Å². The van der Waals surface area contributed by atoms with E-state index in [0.29, 0.717) is 21.8 Å². The molecule has 0 spiro atoms. The summed E-state index contributed by atoms with van der Waals surface area (Å²) in [4.78, 5) is 26.4. The fourth-order valence-electron chi connectivity index (χ4n) is 2.63. The zero-order chi connectivity index (χ0) is 20.8. The summed E-state index contributed by atoms with van der Waals surface area (Å²) in [5.41, 5.74) is 2.41. The molecule has 0 unspecified atom stereocenters. The van der Waals surface area contributed by atoms with E-state index in [1.165, 1.54) is 0 Å². The Bertz CT molecular complexity index is 1040. The van der Waals surface area contributed by atoms with Gasteiger partial charge in [0.2, 0.25) is 0 Å². The first-order valence-electron chi connectivity index (χ1n) is 8.75. The molecule has 0 aliphatic heterocycles. The number of hydrogen-bond acceptors (Lipinski definition) is 3. The lowest BCUT2D eigenvalue weighted by molar-refractivity contribution is 0.0974. The number of para-hydroxylation sites is 1. The van der Waals surface area contributed by atoms with E-state index in [4.69, 9.17) is 23.8 Å². The number of hydrogen-bond donors (Lipinski definition) is 2. The maximum Gasteiger partial charge on any atom is 0.258 e. The summed E-state index contributed by atoms with van der Waals surface area (Å²) in [7, 11) is 1.73. The van der Waals surface area contributed by atoms with E-state index in [0.717, 1.165) is 5.69 Å². The van der Waals surface area contributed by atoms with E-state index in [-0.39, 0.29) is 16.9 Å². The molecule has 3 aromatic carbocycles. The molecule has 0 heterocycles. The highest BCUT2D eigenvalue weighted by molar-refractivity contribution is 7.80. The average Bonchev–Trinajstić information content (AvgIpc) is 2.73. The number of amides is 2. The number of nitrogens with zero attached hydrogens (tertiary/aromatic N) is 1. The van der Waals surface area contributed by atoms with Crippen LogP contribution in [-0.4, -0.2) is 24.0 Å². The first-order valence-corrected chi connectivity index (χ1v) is 9.54. The van der Waals surface area contributed by atoms with Crippen LogP contribution in [0.15, 0.2) is 78.9 Å². The molecule has 0 aliphatic rings. The third-order valence-corrected chi connectivity index (χ3v) is 4.59. The third kappa shape index (κ3) is 5.40. The molecule has 0 radical (unpaired) electrons. The van der Waals surface area contributed by atoms with Crippen molar-refractivity contribution in [2.24, 2.45) is 0 Å². The van der Waals surface area contributed by atoms with Crippen molar-refractivity contribution in [3.8, 4) is 0 Å². The van der Waals surface area contributed by atoms with Gasteiger partial charge in [-0.2, -0.15) is 0 Å². The molecule has 0 bridgehead atoms. The van der Waals surface area contributed by atoms with Gasteiger partial charge in [-0.15, -0.1) is 0 Å². The Balaban J connectivity index is 1.60. The van der Waals surface area contributed by atoms with Crippen molar-refractivity contribution >= 4 is 52.1 Å². The molecule has 3 aromatic rings. The lowest BCUT2D eigenvalue weighted by atomic mass is 10.1. The van der Waals surface area contributed by atoms with Crippen molar-refractivity contribution < 1.29 is 9.59 Å². The van der Waals surface area contributed by atoms with Gasteiger partial charge in [0.25, 0.3) is 11.8 Å². The van der Waals surface area contributed by atoms with Crippen molar-refractivity contribution in [3.05, 3.63) is 95.0 Å². The highest BCUT2D eigenvalue weighted by atomic mass is 35.5. The van der Waals surface area contributed by atoms with Crippen molar-refractivity contribution in [2.75, 3.05) is 17.3 Å². The Labute approximate surface area is 179 Å². The minimum atomic E-state index is -0.360. The lowest BCUT2D eigenvalue weighted by Gasteiger charge is -2.17. The summed E-state index contributed by atoms with van der Waals surface area (Å²) in [5.74, 6) is -0.485. The first kappa shape index (κ1) is 20.5. The zero-order valence-corrected chi connectivity index (χ0v) is 17.1. The van der Waals surface area contributed by atoms with Crippen LogP contribution in [0.5, 0.6) is 0 Å². The van der Waals surface area contributed by atoms with Crippen molar-refractivity contribution in [2.45, 2.75) is 0 Å². The van der Waals surface area contributed by atoms with Gasteiger partial charge in [0.1, 0.15) is 0 Å².